The van der Waals surface area contributed by atoms with Crippen molar-refractivity contribution in [2.75, 3.05) is 36.4 Å². The molecule has 0 radical (unpaired) electrons. The second-order valence-corrected chi connectivity index (χ2v) is 7.38. The second-order valence-electron chi connectivity index (χ2n) is 7.38. The molecule has 0 bridgehead atoms. The van der Waals surface area contributed by atoms with Crippen LogP contribution in [-0.2, 0) is 4.79 Å². The molecule has 6 heteroatoms. The zero-order valence-electron chi connectivity index (χ0n) is 16.8. The largest absolute Gasteiger partial charge is 0.342 e. The van der Waals surface area contributed by atoms with Gasteiger partial charge in [0.2, 0.25) is 12.4 Å². The summed E-state index contributed by atoms with van der Waals surface area (Å²) >= 11 is 0. The fourth-order valence-corrected chi connectivity index (χ4v) is 3.43. The zero-order chi connectivity index (χ0) is 20.2. The van der Waals surface area contributed by atoms with Crippen molar-refractivity contribution < 1.29 is 4.79 Å². The molecule has 4 rings (SSSR count). The summed E-state index contributed by atoms with van der Waals surface area (Å²) in [4.78, 5) is 24.6. The summed E-state index contributed by atoms with van der Waals surface area (Å²) in [5.74, 6) is 1.45. The van der Waals surface area contributed by atoms with Gasteiger partial charge in [0.1, 0.15) is 5.82 Å². The Bertz CT molecular complexity index is 997. The van der Waals surface area contributed by atoms with E-state index in [1.165, 1.54) is 5.56 Å². The van der Waals surface area contributed by atoms with E-state index in [0.29, 0.717) is 19.0 Å². The molecule has 1 saturated heterocycles. The minimum atomic E-state index is 0.683. The summed E-state index contributed by atoms with van der Waals surface area (Å²) in [5, 5.41) is 3.48. The first-order chi connectivity index (χ1) is 14.1. The van der Waals surface area contributed by atoms with Crippen LogP contribution in [-0.4, -0.2) is 47.5 Å². The highest BCUT2D eigenvalue weighted by Crippen LogP contribution is 2.27. The van der Waals surface area contributed by atoms with Crippen LogP contribution in [0.5, 0.6) is 0 Å². The van der Waals surface area contributed by atoms with Crippen LogP contribution in [0.1, 0.15) is 11.1 Å². The molecule has 1 fully saturated rings. The van der Waals surface area contributed by atoms with E-state index in [0.717, 1.165) is 47.8 Å². The first-order valence-corrected chi connectivity index (χ1v) is 9.85. The van der Waals surface area contributed by atoms with Gasteiger partial charge >= 0.3 is 0 Å². The monoisotopic (exact) mass is 387 g/mol. The quantitative estimate of drug-likeness (QED) is 0.675. The van der Waals surface area contributed by atoms with Gasteiger partial charge in [0.25, 0.3) is 0 Å². The van der Waals surface area contributed by atoms with E-state index in [1.54, 1.807) is 4.90 Å². The fourth-order valence-electron chi connectivity index (χ4n) is 3.43. The first-order valence-electron chi connectivity index (χ1n) is 9.85. The van der Waals surface area contributed by atoms with E-state index < -0.39 is 0 Å². The Labute approximate surface area is 171 Å². The molecule has 3 aromatic rings. The molecule has 2 aromatic carbocycles. The molecule has 1 aliphatic rings. The average Bonchev–Trinajstić information content (AvgIpc) is 2.77. The maximum atomic E-state index is 11.0. The van der Waals surface area contributed by atoms with E-state index in [1.807, 2.05) is 24.3 Å². The van der Waals surface area contributed by atoms with E-state index in [-0.39, 0.29) is 0 Å². The van der Waals surface area contributed by atoms with Gasteiger partial charge in [0, 0.05) is 43.5 Å². The molecular formula is C23H25N5O. The van der Waals surface area contributed by atoms with Gasteiger partial charge in [-0.1, -0.05) is 42.5 Å². The number of nitrogens with one attached hydrogen (secondary N) is 1. The van der Waals surface area contributed by atoms with Gasteiger partial charge in [-0.05, 0) is 31.0 Å². The number of nitrogens with zero attached hydrogens (tertiary/aromatic N) is 4. The van der Waals surface area contributed by atoms with Crippen LogP contribution in [0.15, 0.2) is 54.6 Å². The Morgan fingerprint density at radius 2 is 1.69 bits per heavy atom. The third-order valence-corrected chi connectivity index (χ3v) is 5.19. The number of amides is 1. The number of aryl methyl sites for hydroxylation is 2. The fraction of sp³-hybridized carbons (Fsp3) is 0.261. The van der Waals surface area contributed by atoms with E-state index in [9.17, 15) is 4.79 Å². The van der Waals surface area contributed by atoms with Gasteiger partial charge in [-0.2, -0.15) is 4.98 Å². The Morgan fingerprint density at radius 1 is 0.931 bits per heavy atom. The summed E-state index contributed by atoms with van der Waals surface area (Å²) < 4.78 is 0. The van der Waals surface area contributed by atoms with Crippen LogP contribution < -0.4 is 10.2 Å². The summed E-state index contributed by atoms with van der Waals surface area (Å²) in [7, 11) is 0. The molecule has 1 aliphatic heterocycles. The van der Waals surface area contributed by atoms with E-state index in [4.69, 9.17) is 9.97 Å². The predicted octanol–water partition coefficient (Wildman–Crippen LogP) is 3.78. The highest BCUT2D eigenvalue weighted by atomic mass is 16.1. The standard InChI is InChI=1S/C23H25N5O/c1-17-8-9-18(2)20(14-17)24-22-15-21(19-6-4-3-5-7-19)25-23(26-22)28-12-10-27(16-29)11-13-28/h3-9,14-16H,10-13H2,1-2H3,(H,24,25,26). The van der Waals surface area contributed by atoms with Crippen LogP contribution in [0.2, 0.25) is 0 Å². The summed E-state index contributed by atoms with van der Waals surface area (Å²) in [6, 6.07) is 18.5. The van der Waals surface area contributed by atoms with Crippen LogP contribution in [0.3, 0.4) is 0 Å². The Morgan fingerprint density at radius 3 is 2.41 bits per heavy atom. The van der Waals surface area contributed by atoms with Crippen LogP contribution in [0, 0.1) is 13.8 Å². The topological polar surface area (TPSA) is 61.4 Å². The Kier molecular flexibility index (Phi) is 5.42. The van der Waals surface area contributed by atoms with Gasteiger partial charge < -0.3 is 15.1 Å². The van der Waals surface area contributed by atoms with Crippen molar-refractivity contribution >= 4 is 23.9 Å². The predicted molar refractivity (Wildman–Crippen MR) is 117 cm³/mol. The first kappa shape index (κ1) is 18.9. The highest BCUT2D eigenvalue weighted by molar-refractivity contribution is 5.69. The van der Waals surface area contributed by atoms with Crippen molar-refractivity contribution in [3.05, 3.63) is 65.7 Å². The zero-order valence-corrected chi connectivity index (χ0v) is 16.8. The lowest BCUT2D eigenvalue weighted by molar-refractivity contribution is -0.118. The molecule has 0 atom stereocenters. The Hall–Kier alpha value is -3.41. The maximum absolute atomic E-state index is 11.0. The van der Waals surface area contributed by atoms with Crippen LogP contribution in [0.4, 0.5) is 17.5 Å². The molecule has 1 N–H and O–H groups in total. The molecular weight excluding hydrogens is 362 g/mol. The summed E-state index contributed by atoms with van der Waals surface area (Å²) in [5.41, 5.74) is 5.32. The number of hydrogen-bond donors (Lipinski definition) is 1. The molecule has 0 unspecified atom stereocenters. The van der Waals surface area contributed by atoms with Crippen molar-refractivity contribution in [2.45, 2.75) is 13.8 Å². The molecule has 29 heavy (non-hydrogen) atoms. The molecule has 1 aromatic heterocycles. The number of rotatable bonds is 5. The smallest absolute Gasteiger partial charge is 0.228 e. The number of aromatic nitrogens is 2. The SMILES string of the molecule is Cc1ccc(C)c(Nc2cc(-c3ccccc3)nc(N3CCN(C=O)CC3)n2)c1. The molecule has 148 valence electrons. The lowest BCUT2D eigenvalue weighted by Crippen LogP contribution is -2.46. The summed E-state index contributed by atoms with van der Waals surface area (Å²) in [6.07, 6.45) is 0.909. The molecule has 1 amide bonds. The lowest BCUT2D eigenvalue weighted by atomic mass is 10.1. The third kappa shape index (κ3) is 4.37. The minimum absolute atomic E-state index is 0.683. The minimum Gasteiger partial charge on any atom is -0.342 e. The number of hydrogen-bond acceptors (Lipinski definition) is 5. The van der Waals surface area contributed by atoms with Gasteiger partial charge in [-0.3, -0.25) is 4.79 Å². The average molecular weight is 387 g/mol. The Balaban J connectivity index is 1.70. The molecule has 0 spiro atoms. The van der Waals surface area contributed by atoms with Gasteiger partial charge in [0.05, 0.1) is 5.69 Å². The molecule has 0 aliphatic carbocycles. The summed E-state index contributed by atoms with van der Waals surface area (Å²) in [6.45, 7) is 6.97. The van der Waals surface area contributed by atoms with Gasteiger partial charge in [0.15, 0.2) is 0 Å². The van der Waals surface area contributed by atoms with Gasteiger partial charge in [-0.25, -0.2) is 4.98 Å². The number of carbonyl (C=O) groups is 1. The van der Waals surface area contributed by atoms with Crippen molar-refractivity contribution in [2.24, 2.45) is 0 Å². The number of benzene rings is 2. The van der Waals surface area contributed by atoms with Crippen molar-refractivity contribution in [3.63, 3.8) is 0 Å². The van der Waals surface area contributed by atoms with Gasteiger partial charge in [-0.15, -0.1) is 0 Å². The van der Waals surface area contributed by atoms with Crippen molar-refractivity contribution in [3.8, 4) is 11.3 Å². The second kappa shape index (κ2) is 8.31. The van der Waals surface area contributed by atoms with Crippen LogP contribution >= 0.6 is 0 Å². The highest BCUT2D eigenvalue weighted by Gasteiger charge is 2.19. The van der Waals surface area contributed by atoms with E-state index in [2.05, 4.69) is 54.4 Å². The number of anilines is 3. The lowest BCUT2D eigenvalue weighted by Gasteiger charge is -2.32. The van der Waals surface area contributed by atoms with Crippen molar-refractivity contribution in [1.29, 1.82) is 0 Å². The van der Waals surface area contributed by atoms with Crippen molar-refractivity contribution in [1.82, 2.24) is 14.9 Å². The maximum Gasteiger partial charge on any atom is 0.228 e. The third-order valence-electron chi connectivity index (χ3n) is 5.19. The number of piperazine rings is 1. The molecule has 2 heterocycles. The molecule has 6 nitrogen and oxygen atoms in total. The van der Waals surface area contributed by atoms with E-state index >= 15 is 0 Å². The normalized spacial score (nSPS) is 14.0. The molecule has 0 saturated carbocycles. The van der Waals surface area contributed by atoms with Crippen LogP contribution in [0.25, 0.3) is 11.3 Å². The number of carbonyl (C=O) groups excluding carboxylic acids is 1.